The van der Waals surface area contributed by atoms with E-state index < -0.39 is 0 Å². The maximum Gasteiger partial charge on any atom is 0.305 e. The van der Waals surface area contributed by atoms with Gasteiger partial charge in [0.2, 0.25) is 0 Å². The number of methoxy groups -OCH3 is 1. The Labute approximate surface area is 228 Å². The van der Waals surface area contributed by atoms with Crippen molar-refractivity contribution in [2.45, 2.75) is 117 Å². The molecule has 13 atom stereocenters. The van der Waals surface area contributed by atoms with Crippen LogP contribution in [0.3, 0.4) is 0 Å². The molecule has 5 rings (SSSR count). The van der Waals surface area contributed by atoms with Gasteiger partial charge in [0, 0.05) is 31.6 Å². The minimum absolute atomic E-state index is 0.0101. The highest BCUT2D eigenvalue weighted by molar-refractivity contribution is 5.69. The van der Waals surface area contributed by atoms with Crippen LogP contribution in [0.5, 0.6) is 0 Å². The fraction of sp³-hybridized carbons (Fsp3) is 0.903. The predicted octanol–water partition coefficient (Wildman–Crippen LogP) is 5.33. The molecule has 0 amide bonds. The molecule has 7 nitrogen and oxygen atoms in total. The van der Waals surface area contributed by atoms with Gasteiger partial charge < -0.3 is 18.9 Å². The number of fused-ring (bicyclic) bond motifs is 8. The normalized spacial score (nSPS) is 47.4. The maximum absolute atomic E-state index is 12.5. The maximum atomic E-state index is 12.5. The van der Waals surface area contributed by atoms with Crippen LogP contribution in [0.1, 0.15) is 92.9 Å². The number of hydrogen-bond donors (Lipinski definition) is 0. The van der Waals surface area contributed by atoms with E-state index in [4.69, 9.17) is 18.9 Å². The first-order chi connectivity index (χ1) is 18.0. The highest BCUT2D eigenvalue weighted by Gasteiger charge is 2.76. The van der Waals surface area contributed by atoms with Gasteiger partial charge in [-0.1, -0.05) is 27.7 Å². The smallest absolute Gasteiger partial charge is 0.305 e. The third kappa shape index (κ3) is 4.30. The van der Waals surface area contributed by atoms with E-state index in [1.54, 1.807) is 6.92 Å². The zero-order valence-corrected chi connectivity index (χ0v) is 24.4. The lowest BCUT2D eigenvalue weighted by molar-refractivity contribution is -0.213. The van der Waals surface area contributed by atoms with Crippen molar-refractivity contribution in [1.29, 1.82) is 0 Å². The van der Waals surface area contributed by atoms with E-state index in [1.165, 1.54) is 14.0 Å². The summed E-state index contributed by atoms with van der Waals surface area (Å²) in [6, 6.07) is 0. The molecule has 38 heavy (non-hydrogen) atoms. The van der Waals surface area contributed by atoms with Crippen molar-refractivity contribution in [3.63, 3.8) is 0 Å². The lowest BCUT2D eigenvalue weighted by Crippen LogP contribution is -2.65. The summed E-state index contributed by atoms with van der Waals surface area (Å²) in [6.45, 7) is 12.4. The van der Waals surface area contributed by atoms with E-state index in [-0.39, 0.29) is 65.0 Å². The average Bonchev–Trinajstić information content (AvgIpc) is 3.58. The second-order valence-corrected chi connectivity index (χ2v) is 13.6. The van der Waals surface area contributed by atoms with E-state index in [0.717, 1.165) is 44.9 Å². The molecule has 0 aromatic rings. The van der Waals surface area contributed by atoms with E-state index in [1.807, 2.05) is 0 Å². The van der Waals surface area contributed by atoms with Gasteiger partial charge in [0.05, 0.1) is 19.3 Å². The number of hydrogen-bond acceptors (Lipinski definition) is 7. The summed E-state index contributed by atoms with van der Waals surface area (Å²) in [6.07, 6.45) is 7.38. The van der Waals surface area contributed by atoms with Gasteiger partial charge in [0.25, 0.3) is 0 Å². The lowest BCUT2D eigenvalue weighted by atomic mass is 9.41. The van der Waals surface area contributed by atoms with Crippen LogP contribution in [-0.4, -0.2) is 49.4 Å². The molecule has 1 aliphatic heterocycles. The Morgan fingerprint density at radius 1 is 1.03 bits per heavy atom. The zero-order chi connectivity index (χ0) is 27.6. The van der Waals surface area contributed by atoms with Crippen molar-refractivity contribution in [3.05, 3.63) is 0 Å². The van der Waals surface area contributed by atoms with Crippen molar-refractivity contribution >= 4 is 17.9 Å². The average molecular weight is 533 g/mol. The Hall–Kier alpha value is -1.63. The van der Waals surface area contributed by atoms with Crippen molar-refractivity contribution < 1.29 is 33.3 Å². The molecular weight excluding hydrogens is 484 g/mol. The molecule has 1 heterocycles. The first kappa shape index (κ1) is 27.9. The third-order valence-electron chi connectivity index (χ3n) is 12.0. The molecule has 4 aliphatic carbocycles. The van der Waals surface area contributed by atoms with E-state index in [0.29, 0.717) is 36.0 Å². The molecule has 0 aromatic heterocycles. The monoisotopic (exact) mass is 532 g/mol. The van der Waals surface area contributed by atoms with Crippen LogP contribution >= 0.6 is 0 Å². The molecule has 5 aliphatic rings. The minimum Gasteiger partial charge on any atom is -0.469 e. The lowest BCUT2D eigenvalue weighted by Gasteiger charge is -2.63. The van der Waals surface area contributed by atoms with Crippen molar-refractivity contribution in [2.75, 3.05) is 7.11 Å². The van der Waals surface area contributed by atoms with Crippen molar-refractivity contribution in [3.8, 4) is 0 Å². The summed E-state index contributed by atoms with van der Waals surface area (Å²) in [4.78, 5) is 36.3. The number of rotatable bonds is 7. The fourth-order valence-electron chi connectivity index (χ4n) is 10.6. The van der Waals surface area contributed by atoms with Gasteiger partial charge in [-0.05, 0) is 85.9 Å². The van der Waals surface area contributed by atoms with Crippen LogP contribution in [0.25, 0.3) is 0 Å². The first-order valence-corrected chi connectivity index (χ1v) is 15.0. The Kier molecular flexibility index (Phi) is 7.41. The minimum atomic E-state index is -0.214. The Bertz CT molecular complexity index is 949. The van der Waals surface area contributed by atoms with Crippen molar-refractivity contribution in [2.24, 2.45) is 52.3 Å². The Morgan fingerprint density at radius 3 is 2.37 bits per heavy atom. The summed E-state index contributed by atoms with van der Waals surface area (Å²) in [5, 5.41) is 0. The molecule has 5 fully saturated rings. The number of carbonyl (C=O) groups excluding carboxylic acids is 3. The summed E-state index contributed by atoms with van der Waals surface area (Å²) in [7, 11) is 1.46. The van der Waals surface area contributed by atoms with Crippen LogP contribution < -0.4 is 0 Å². The van der Waals surface area contributed by atoms with Crippen LogP contribution in [0.4, 0.5) is 0 Å². The molecule has 0 bridgehead atoms. The standard InChI is InChI=1S/C31H48O7/c1-8-20-23-15-19(36-17(3)32)13-14-30(23,5)26-25(27(20)37-18(4)33)22-11-10-21(16(2)9-12-24(34)35-7)31(22,6)29-28(26)38-29/h16,19-23,25-29H,8-15H2,1-7H3/t16?,19-,20-,21-,22?,23+,25?,26?,27-,28-,29-,30+,31-/m1/s1. The summed E-state index contributed by atoms with van der Waals surface area (Å²) in [5.41, 5.74) is 0.0736. The second-order valence-electron chi connectivity index (χ2n) is 13.6. The molecule has 7 heteroatoms. The first-order valence-electron chi connectivity index (χ1n) is 15.0. The molecular formula is C31H48O7. The molecule has 0 radical (unpaired) electrons. The van der Waals surface area contributed by atoms with E-state index >= 15 is 0 Å². The van der Waals surface area contributed by atoms with E-state index in [9.17, 15) is 14.4 Å². The van der Waals surface area contributed by atoms with Gasteiger partial charge in [0.15, 0.2) is 0 Å². The van der Waals surface area contributed by atoms with Crippen LogP contribution in [-0.2, 0) is 33.3 Å². The number of esters is 3. The van der Waals surface area contributed by atoms with Gasteiger partial charge in [0.1, 0.15) is 12.2 Å². The topological polar surface area (TPSA) is 91.4 Å². The summed E-state index contributed by atoms with van der Waals surface area (Å²) < 4.78 is 23.7. The molecule has 0 N–H and O–H groups in total. The second kappa shape index (κ2) is 10.1. The van der Waals surface area contributed by atoms with Gasteiger partial charge in [-0.3, -0.25) is 14.4 Å². The van der Waals surface area contributed by atoms with Gasteiger partial charge in [-0.15, -0.1) is 0 Å². The summed E-state index contributed by atoms with van der Waals surface area (Å²) >= 11 is 0. The number of ether oxygens (including phenoxy) is 4. The summed E-state index contributed by atoms with van der Waals surface area (Å²) in [5.74, 6) is 1.88. The molecule has 1 saturated heterocycles. The predicted molar refractivity (Wildman–Crippen MR) is 141 cm³/mol. The Morgan fingerprint density at radius 2 is 1.74 bits per heavy atom. The van der Waals surface area contributed by atoms with Crippen LogP contribution in [0.15, 0.2) is 0 Å². The molecule has 4 unspecified atom stereocenters. The zero-order valence-electron chi connectivity index (χ0n) is 24.4. The Balaban J connectivity index is 1.49. The quantitative estimate of drug-likeness (QED) is 0.249. The SMILES string of the molecule is CC[C@H]1[C@@H](OC(C)=O)C2C3CC[C@H](C(C)CCC(=O)OC)[C@@]3(C)[C@@H]3O[C@@H]3C2[C@@]2(C)CC[C@@H](OC(C)=O)C[C@@H]12. The molecule has 0 aromatic carbocycles. The van der Waals surface area contributed by atoms with Gasteiger partial charge in [-0.25, -0.2) is 0 Å². The fourth-order valence-corrected chi connectivity index (χ4v) is 10.6. The van der Waals surface area contributed by atoms with Crippen LogP contribution in [0.2, 0.25) is 0 Å². The highest BCUT2D eigenvalue weighted by Crippen LogP contribution is 2.74. The van der Waals surface area contributed by atoms with Gasteiger partial charge in [-0.2, -0.15) is 0 Å². The molecule has 214 valence electrons. The van der Waals surface area contributed by atoms with E-state index in [2.05, 4.69) is 27.7 Å². The van der Waals surface area contributed by atoms with Gasteiger partial charge >= 0.3 is 17.9 Å². The molecule has 4 saturated carbocycles. The third-order valence-corrected chi connectivity index (χ3v) is 12.0. The number of carbonyl (C=O) groups is 3. The largest absolute Gasteiger partial charge is 0.469 e. The van der Waals surface area contributed by atoms with Crippen LogP contribution in [0, 0.1) is 52.3 Å². The van der Waals surface area contributed by atoms with Crippen molar-refractivity contribution in [1.82, 2.24) is 0 Å². The highest BCUT2D eigenvalue weighted by atomic mass is 16.6. The molecule has 0 spiro atoms. The number of epoxide rings is 1.